The van der Waals surface area contributed by atoms with Gasteiger partial charge < -0.3 is 9.52 Å². The van der Waals surface area contributed by atoms with E-state index in [0.717, 1.165) is 65.1 Å². The van der Waals surface area contributed by atoms with Crippen molar-refractivity contribution in [3.05, 3.63) is 77.8 Å². The van der Waals surface area contributed by atoms with Crippen LogP contribution in [-0.2, 0) is 36.7 Å². The number of aliphatic hydroxyl groups excluding tert-OH is 1. The van der Waals surface area contributed by atoms with Crippen LogP contribution in [0.2, 0.25) is 0 Å². The first-order valence-corrected chi connectivity index (χ1v) is 18.3. The van der Waals surface area contributed by atoms with E-state index >= 15 is 0 Å². The van der Waals surface area contributed by atoms with Crippen molar-refractivity contribution in [1.82, 2.24) is 9.97 Å². The van der Waals surface area contributed by atoms with Gasteiger partial charge in [-0.1, -0.05) is 104 Å². The van der Waals surface area contributed by atoms with Gasteiger partial charge in [-0.05, 0) is 49.1 Å². The zero-order valence-electron chi connectivity index (χ0n) is 30.7. The molecular weight excluding hydrogens is 805 g/mol. The van der Waals surface area contributed by atoms with E-state index < -0.39 is 0 Å². The van der Waals surface area contributed by atoms with Crippen LogP contribution in [-0.4, -0.2) is 26.1 Å². The van der Waals surface area contributed by atoms with Crippen molar-refractivity contribution in [2.75, 3.05) is 0 Å². The number of aromatic nitrogens is 2. The number of fused-ring (bicyclic) bond motifs is 6. The number of hydrogen-bond donors (Lipinski definition) is 1. The SMILES string of the molecule is CC1Cc2ccc3oc4ncnc(-c5[c-]c6ccccc6c(C(C)(C)C)c5)c4c3c2S1.CCC(C)(CC)C(=O)/C=C(\O)C(C)(CC)CC.[Ir]. The van der Waals surface area contributed by atoms with Gasteiger partial charge in [0.25, 0.3) is 0 Å². The van der Waals surface area contributed by atoms with Crippen LogP contribution in [0, 0.1) is 16.9 Å². The fourth-order valence-corrected chi connectivity index (χ4v) is 7.71. The molecule has 0 aliphatic carbocycles. The summed E-state index contributed by atoms with van der Waals surface area (Å²) >= 11 is 1.93. The van der Waals surface area contributed by atoms with Gasteiger partial charge >= 0.3 is 0 Å². The molecule has 1 radical (unpaired) electrons. The first-order valence-electron chi connectivity index (χ1n) is 17.5. The van der Waals surface area contributed by atoms with Gasteiger partial charge in [0.15, 0.2) is 5.78 Å². The molecule has 5 aromatic rings. The molecule has 1 aliphatic rings. The Morgan fingerprint density at radius 2 is 1.61 bits per heavy atom. The monoisotopic (exact) mass is 856 g/mol. The predicted molar refractivity (Wildman–Crippen MR) is 202 cm³/mol. The summed E-state index contributed by atoms with van der Waals surface area (Å²) in [6, 6.07) is 18.7. The van der Waals surface area contributed by atoms with Crippen molar-refractivity contribution in [1.29, 1.82) is 0 Å². The van der Waals surface area contributed by atoms with Crippen molar-refractivity contribution in [2.24, 2.45) is 10.8 Å². The minimum absolute atomic E-state index is 0. The van der Waals surface area contributed by atoms with Crippen molar-refractivity contribution in [3.63, 3.8) is 0 Å². The number of carbonyl (C=O) groups is 1. The van der Waals surface area contributed by atoms with Crippen LogP contribution in [0.1, 0.15) is 106 Å². The third kappa shape index (κ3) is 7.55. The Morgan fingerprint density at radius 3 is 2.24 bits per heavy atom. The topological polar surface area (TPSA) is 76.2 Å². The van der Waals surface area contributed by atoms with E-state index in [2.05, 4.69) is 81.2 Å². The molecule has 3 heterocycles. The molecule has 3 aromatic carbocycles. The molecule has 0 amide bonds. The molecule has 5 nitrogen and oxygen atoms in total. The van der Waals surface area contributed by atoms with Crippen LogP contribution in [0.25, 0.3) is 44.1 Å². The zero-order valence-corrected chi connectivity index (χ0v) is 33.9. The third-order valence-electron chi connectivity index (χ3n) is 10.7. The maximum absolute atomic E-state index is 12.2. The molecule has 0 bridgehead atoms. The number of ketones is 1. The molecule has 7 heteroatoms. The summed E-state index contributed by atoms with van der Waals surface area (Å²) in [5.41, 5.74) is 5.50. The smallest absolute Gasteiger partial charge is 0.223 e. The molecule has 0 fully saturated rings. The molecule has 49 heavy (non-hydrogen) atoms. The Labute approximate surface area is 310 Å². The molecule has 2 aromatic heterocycles. The average Bonchev–Trinajstić information content (AvgIpc) is 3.66. The molecular formula is C42H51IrN2O3S-. The standard InChI is InChI=1S/C27H23N2OS.C15H28O2.Ir/c1-15-11-17-9-10-21-22(25(17)31-15)23-24(28-14-29-26(23)30-21)18-12-16-7-5-6-8-19(16)20(13-18)27(2,3)4;1-7-14(5,8-2)12(16)11-13(17)15(6,9-3)10-4;/h5-10,13-15H,11H2,1-4H3;11,16H,7-10H2,1-6H3;/q-1;;/b;12-11-;. The molecule has 1 N–H and O–H groups in total. The first kappa shape index (κ1) is 38.8. The normalized spacial score (nSPS) is 15.2. The number of rotatable bonds is 8. The second-order valence-corrected chi connectivity index (χ2v) is 16.3. The van der Waals surface area contributed by atoms with E-state index in [0.29, 0.717) is 11.0 Å². The molecule has 0 spiro atoms. The number of benzene rings is 3. The molecule has 1 unspecified atom stereocenters. The van der Waals surface area contributed by atoms with E-state index in [1.807, 2.05) is 53.3 Å². The summed E-state index contributed by atoms with van der Waals surface area (Å²) in [5.74, 6) is 0.286. The van der Waals surface area contributed by atoms with E-state index in [4.69, 9.17) is 9.40 Å². The molecule has 0 saturated carbocycles. The van der Waals surface area contributed by atoms with Crippen LogP contribution >= 0.6 is 11.8 Å². The van der Waals surface area contributed by atoms with Gasteiger partial charge in [-0.25, -0.2) is 4.98 Å². The Hall–Kier alpha value is -2.99. The summed E-state index contributed by atoms with van der Waals surface area (Å²) < 4.78 is 6.18. The summed E-state index contributed by atoms with van der Waals surface area (Å²) in [4.78, 5) is 22.7. The number of allylic oxidation sites excluding steroid dienone is 2. The zero-order chi connectivity index (χ0) is 35.0. The van der Waals surface area contributed by atoms with Crippen LogP contribution in [0.3, 0.4) is 0 Å². The number of carbonyl (C=O) groups excluding carboxylic acids is 1. The minimum Gasteiger partial charge on any atom is -0.512 e. The summed E-state index contributed by atoms with van der Waals surface area (Å²) in [5, 5.41) is 15.2. The quantitative estimate of drug-likeness (QED) is 0.0952. The number of nitrogens with zero attached hydrogens (tertiary/aromatic N) is 2. The van der Waals surface area contributed by atoms with Crippen LogP contribution in [0.5, 0.6) is 0 Å². The summed E-state index contributed by atoms with van der Waals surface area (Å²) in [7, 11) is 0. The molecule has 263 valence electrons. The van der Waals surface area contributed by atoms with E-state index in [1.54, 1.807) is 6.33 Å². The second-order valence-electron chi connectivity index (χ2n) is 14.9. The minimum atomic E-state index is -0.337. The maximum Gasteiger partial charge on any atom is 0.223 e. The van der Waals surface area contributed by atoms with Gasteiger partial charge in [-0.3, -0.25) is 9.78 Å². The maximum atomic E-state index is 12.2. The summed E-state index contributed by atoms with van der Waals surface area (Å²) in [6.45, 7) is 21.1. The fraction of sp³-hybridized carbons (Fsp3) is 0.452. The predicted octanol–water partition coefficient (Wildman–Crippen LogP) is 12.0. The van der Waals surface area contributed by atoms with Crippen molar-refractivity contribution < 1.29 is 34.4 Å². The fourth-order valence-electron chi connectivity index (χ4n) is 6.42. The van der Waals surface area contributed by atoms with E-state index in [1.165, 1.54) is 27.5 Å². The Bertz CT molecular complexity index is 2000. The van der Waals surface area contributed by atoms with Gasteiger partial charge in [0.2, 0.25) is 5.71 Å². The van der Waals surface area contributed by atoms with Crippen molar-refractivity contribution in [3.8, 4) is 11.3 Å². The van der Waals surface area contributed by atoms with Crippen LogP contribution in [0.15, 0.2) is 69.9 Å². The molecule has 6 rings (SSSR count). The van der Waals surface area contributed by atoms with E-state index in [9.17, 15) is 9.90 Å². The molecule has 1 aliphatic heterocycles. The Balaban J connectivity index is 0.000000260. The largest absolute Gasteiger partial charge is 0.512 e. The van der Waals surface area contributed by atoms with Crippen molar-refractivity contribution >= 4 is 50.4 Å². The Morgan fingerprint density at radius 1 is 0.959 bits per heavy atom. The number of aliphatic hydroxyl groups is 1. The van der Waals surface area contributed by atoms with Gasteiger partial charge in [-0.15, -0.1) is 40.9 Å². The first-order chi connectivity index (χ1) is 22.7. The number of furan rings is 1. The summed E-state index contributed by atoms with van der Waals surface area (Å²) in [6.07, 6.45) is 7.45. The van der Waals surface area contributed by atoms with Gasteiger partial charge in [0.05, 0.1) is 0 Å². The van der Waals surface area contributed by atoms with Gasteiger partial charge in [0, 0.05) is 63.6 Å². The second kappa shape index (κ2) is 15.1. The molecule has 0 saturated heterocycles. The van der Waals surface area contributed by atoms with Crippen LogP contribution < -0.4 is 0 Å². The Kier molecular flexibility index (Phi) is 11.9. The van der Waals surface area contributed by atoms with Gasteiger partial charge in [-0.2, -0.15) is 0 Å². The number of thioether (sulfide) groups is 1. The third-order valence-corrected chi connectivity index (χ3v) is 12.0. The molecule has 1 atom stereocenters. The van der Waals surface area contributed by atoms with Crippen LogP contribution in [0.4, 0.5) is 0 Å². The number of hydrogen-bond acceptors (Lipinski definition) is 6. The van der Waals surface area contributed by atoms with Gasteiger partial charge in [0.1, 0.15) is 17.7 Å². The van der Waals surface area contributed by atoms with E-state index in [-0.39, 0.29) is 47.9 Å². The van der Waals surface area contributed by atoms with Crippen molar-refractivity contribution in [2.45, 2.75) is 117 Å². The average molecular weight is 856 g/mol.